The van der Waals surface area contributed by atoms with Crippen molar-refractivity contribution in [2.45, 2.75) is 25.7 Å². The summed E-state index contributed by atoms with van der Waals surface area (Å²) in [7, 11) is 0. The van der Waals surface area contributed by atoms with Gasteiger partial charge in [-0.05, 0) is 25.7 Å². The summed E-state index contributed by atoms with van der Waals surface area (Å²) in [6.45, 7) is 2.79. The van der Waals surface area contributed by atoms with E-state index < -0.39 is 11.9 Å². The molecule has 2 saturated heterocycles. The second-order valence-corrected chi connectivity index (χ2v) is 4.03. The highest BCUT2D eigenvalue weighted by molar-refractivity contribution is 6.29. The van der Waals surface area contributed by atoms with E-state index in [1.165, 1.54) is 10.1 Å². The van der Waals surface area contributed by atoms with Crippen LogP contribution in [-0.2, 0) is 19.3 Å². The van der Waals surface area contributed by atoms with Crippen LogP contribution in [0.3, 0.4) is 0 Å². The topological polar surface area (TPSA) is 59.1 Å². The van der Waals surface area contributed by atoms with Crippen LogP contribution in [0.4, 0.5) is 0 Å². The first kappa shape index (κ1) is 11.3. The summed E-state index contributed by atoms with van der Waals surface area (Å²) < 4.78 is 0. The molecule has 0 amide bonds. The number of hydrogen-bond acceptors (Lipinski definition) is 6. The van der Waals surface area contributed by atoms with Crippen LogP contribution in [0.5, 0.6) is 0 Å². The zero-order valence-corrected chi connectivity index (χ0v) is 9.18. The van der Waals surface area contributed by atoms with Crippen molar-refractivity contribution < 1.29 is 19.3 Å². The van der Waals surface area contributed by atoms with Gasteiger partial charge >= 0.3 is 11.9 Å². The lowest BCUT2D eigenvalue weighted by molar-refractivity contribution is -0.213. The molecule has 0 aliphatic carbocycles. The fraction of sp³-hybridized carbons (Fsp3) is 0.800. The van der Waals surface area contributed by atoms with E-state index in [1.54, 1.807) is 0 Å². The minimum atomic E-state index is -0.922. The molecular formula is C10H16N2O4. The molecular weight excluding hydrogens is 212 g/mol. The lowest BCUT2D eigenvalue weighted by Crippen LogP contribution is -2.34. The maximum atomic E-state index is 11.3. The molecule has 0 bridgehead atoms. The molecule has 2 fully saturated rings. The summed E-state index contributed by atoms with van der Waals surface area (Å²) in [4.78, 5) is 32.4. The molecule has 2 aliphatic rings. The standard InChI is InChI=1S/C10H16N2O4/c13-9(15-11-5-1-2-6-11)10(14)16-12-7-3-4-8-12/h1-8H2. The Labute approximate surface area is 94.0 Å². The van der Waals surface area contributed by atoms with Crippen molar-refractivity contribution in [3.63, 3.8) is 0 Å². The second kappa shape index (κ2) is 5.27. The van der Waals surface area contributed by atoms with Crippen LogP contribution >= 0.6 is 0 Å². The zero-order chi connectivity index (χ0) is 11.4. The monoisotopic (exact) mass is 228 g/mol. The first-order chi connectivity index (χ1) is 7.75. The van der Waals surface area contributed by atoms with Gasteiger partial charge < -0.3 is 9.68 Å². The van der Waals surface area contributed by atoms with Crippen molar-refractivity contribution in [3.05, 3.63) is 0 Å². The van der Waals surface area contributed by atoms with E-state index in [9.17, 15) is 9.59 Å². The Balaban J connectivity index is 1.72. The Kier molecular flexibility index (Phi) is 3.74. The van der Waals surface area contributed by atoms with Gasteiger partial charge in [-0.15, -0.1) is 10.1 Å². The number of carbonyl (C=O) groups is 2. The minimum Gasteiger partial charge on any atom is -0.359 e. The Hall–Kier alpha value is -1.14. The van der Waals surface area contributed by atoms with Gasteiger partial charge in [0.2, 0.25) is 0 Å². The lowest BCUT2D eigenvalue weighted by atomic mass is 10.4. The number of hydrogen-bond donors (Lipinski definition) is 0. The van der Waals surface area contributed by atoms with Gasteiger partial charge in [-0.1, -0.05) is 0 Å². The summed E-state index contributed by atoms with van der Waals surface area (Å²) >= 11 is 0. The molecule has 0 aromatic heterocycles. The molecule has 0 unspecified atom stereocenters. The predicted molar refractivity (Wildman–Crippen MR) is 53.8 cm³/mol. The van der Waals surface area contributed by atoms with Crippen molar-refractivity contribution >= 4 is 11.9 Å². The lowest BCUT2D eigenvalue weighted by Gasteiger charge is -2.16. The maximum absolute atomic E-state index is 11.3. The Morgan fingerprint density at radius 3 is 1.31 bits per heavy atom. The molecule has 0 saturated carbocycles. The molecule has 0 aromatic rings. The van der Waals surface area contributed by atoms with Crippen molar-refractivity contribution in [2.75, 3.05) is 26.2 Å². The summed E-state index contributed by atoms with van der Waals surface area (Å²) in [6, 6.07) is 0. The van der Waals surface area contributed by atoms with Gasteiger partial charge in [0, 0.05) is 26.2 Å². The van der Waals surface area contributed by atoms with Gasteiger partial charge in [-0.2, -0.15) is 0 Å². The Morgan fingerprint density at radius 1 is 0.688 bits per heavy atom. The summed E-state index contributed by atoms with van der Waals surface area (Å²) in [5.41, 5.74) is 0. The molecule has 0 atom stereocenters. The van der Waals surface area contributed by atoms with Crippen LogP contribution in [0, 0.1) is 0 Å². The normalized spacial score (nSPS) is 22.2. The van der Waals surface area contributed by atoms with Crippen LogP contribution in [0.15, 0.2) is 0 Å². The quantitative estimate of drug-likeness (QED) is 0.624. The average molecular weight is 228 g/mol. The molecule has 0 N–H and O–H groups in total. The van der Waals surface area contributed by atoms with E-state index >= 15 is 0 Å². The average Bonchev–Trinajstić information content (AvgIpc) is 2.90. The van der Waals surface area contributed by atoms with Crippen LogP contribution in [-0.4, -0.2) is 48.2 Å². The van der Waals surface area contributed by atoms with E-state index in [-0.39, 0.29) is 0 Å². The van der Waals surface area contributed by atoms with E-state index in [0.717, 1.165) is 25.7 Å². The number of rotatable bonds is 2. The van der Waals surface area contributed by atoms with Gasteiger partial charge in [-0.3, -0.25) is 0 Å². The molecule has 2 rings (SSSR count). The van der Waals surface area contributed by atoms with Crippen LogP contribution in [0.25, 0.3) is 0 Å². The van der Waals surface area contributed by atoms with Crippen molar-refractivity contribution in [1.82, 2.24) is 10.1 Å². The number of hydroxylamine groups is 4. The first-order valence-electron chi connectivity index (χ1n) is 5.70. The minimum absolute atomic E-state index is 0.697. The predicted octanol–water partition coefficient (Wildman–Crippen LogP) is 0.0944. The molecule has 6 heteroatoms. The van der Waals surface area contributed by atoms with Crippen LogP contribution in [0.1, 0.15) is 25.7 Å². The van der Waals surface area contributed by atoms with Gasteiger partial charge in [0.15, 0.2) is 0 Å². The first-order valence-corrected chi connectivity index (χ1v) is 5.70. The number of carbonyl (C=O) groups excluding carboxylic acids is 2. The van der Waals surface area contributed by atoms with Crippen molar-refractivity contribution in [1.29, 1.82) is 0 Å². The third-order valence-electron chi connectivity index (χ3n) is 2.72. The molecule has 0 spiro atoms. The third-order valence-corrected chi connectivity index (χ3v) is 2.72. The fourth-order valence-electron chi connectivity index (χ4n) is 1.87. The van der Waals surface area contributed by atoms with Gasteiger partial charge in [0.25, 0.3) is 0 Å². The summed E-state index contributed by atoms with van der Waals surface area (Å²) in [6.07, 6.45) is 3.98. The van der Waals surface area contributed by atoms with Crippen LogP contribution in [0.2, 0.25) is 0 Å². The molecule has 2 heterocycles. The fourth-order valence-corrected chi connectivity index (χ4v) is 1.87. The SMILES string of the molecule is O=C(ON1CCCC1)C(=O)ON1CCCC1. The van der Waals surface area contributed by atoms with Gasteiger partial charge in [0.05, 0.1) is 0 Å². The Bertz CT molecular complexity index is 242. The summed E-state index contributed by atoms with van der Waals surface area (Å²) in [5, 5.41) is 3.02. The molecule has 90 valence electrons. The third kappa shape index (κ3) is 2.93. The smallest absolute Gasteiger partial charge is 0.359 e. The highest BCUT2D eigenvalue weighted by Crippen LogP contribution is 2.10. The second-order valence-electron chi connectivity index (χ2n) is 4.03. The molecule has 16 heavy (non-hydrogen) atoms. The van der Waals surface area contributed by atoms with E-state index in [4.69, 9.17) is 9.68 Å². The molecule has 0 radical (unpaired) electrons. The van der Waals surface area contributed by atoms with E-state index in [0.29, 0.717) is 26.2 Å². The van der Waals surface area contributed by atoms with E-state index in [1.807, 2.05) is 0 Å². The number of nitrogens with zero attached hydrogens (tertiary/aromatic N) is 2. The molecule has 0 aromatic carbocycles. The van der Waals surface area contributed by atoms with E-state index in [2.05, 4.69) is 0 Å². The zero-order valence-electron chi connectivity index (χ0n) is 9.18. The highest BCUT2D eigenvalue weighted by Gasteiger charge is 2.26. The van der Waals surface area contributed by atoms with Crippen molar-refractivity contribution in [2.24, 2.45) is 0 Å². The summed E-state index contributed by atoms with van der Waals surface area (Å²) in [5.74, 6) is -1.84. The largest absolute Gasteiger partial charge is 0.438 e. The molecule has 6 nitrogen and oxygen atoms in total. The van der Waals surface area contributed by atoms with Gasteiger partial charge in [-0.25, -0.2) is 9.59 Å². The van der Waals surface area contributed by atoms with Crippen molar-refractivity contribution in [3.8, 4) is 0 Å². The Morgan fingerprint density at radius 2 is 1.00 bits per heavy atom. The maximum Gasteiger partial charge on any atom is 0.438 e. The molecule has 2 aliphatic heterocycles. The van der Waals surface area contributed by atoms with Crippen LogP contribution < -0.4 is 0 Å². The highest BCUT2D eigenvalue weighted by atomic mass is 16.8. The van der Waals surface area contributed by atoms with Gasteiger partial charge in [0.1, 0.15) is 0 Å².